The molecule has 10 nitrogen and oxygen atoms in total. The average molecular weight is 512 g/mol. The van der Waals surface area contributed by atoms with Crippen LogP contribution in [0.15, 0.2) is 53.5 Å². The van der Waals surface area contributed by atoms with E-state index in [4.69, 9.17) is 10.8 Å². The summed E-state index contributed by atoms with van der Waals surface area (Å²) in [5, 5.41) is 14.5. The molecular formula is C25H29N5O5S. The number of hydrogen-bond acceptors (Lipinski definition) is 6. The molecule has 1 atom stereocenters. The van der Waals surface area contributed by atoms with Gasteiger partial charge in [0.05, 0.1) is 16.8 Å². The van der Waals surface area contributed by atoms with E-state index in [1.165, 1.54) is 22.3 Å². The minimum atomic E-state index is -1.38. The number of fused-ring (bicyclic) bond motifs is 1. The molecule has 1 aromatic carbocycles. The van der Waals surface area contributed by atoms with Gasteiger partial charge in [-0.1, -0.05) is 32.1 Å². The van der Waals surface area contributed by atoms with Crippen molar-refractivity contribution in [1.82, 2.24) is 14.9 Å². The van der Waals surface area contributed by atoms with Gasteiger partial charge in [0.15, 0.2) is 0 Å². The summed E-state index contributed by atoms with van der Waals surface area (Å²) in [4.78, 5) is 52.4. The monoisotopic (exact) mass is 511 g/mol. The molecule has 3 rings (SSSR count). The zero-order valence-electron chi connectivity index (χ0n) is 20.1. The summed E-state index contributed by atoms with van der Waals surface area (Å²) in [6.07, 6.45) is 4.06. The number of carboxylic acid groups (broad SMARTS) is 1. The lowest BCUT2D eigenvalue weighted by Crippen LogP contribution is -2.44. The SMILES string of the molecule is CC(C)Cc1cccc2nc(Cn3cccc(NC(=O)[C@H](CC/C=C/C(N)=O)NC(=O)O)c3=O)sc12. The number of benzene rings is 1. The maximum absolute atomic E-state index is 13.0. The number of pyridine rings is 1. The third-order valence-corrected chi connectivity index (χ3v) is 6.40. The van der Waals surface area contributed by atoms with Crippen molar-refractivity contribution in [3.8, 4) is 0 Å². The molecule has 0 unspecified atom stereocenters. The van der Waals surface area contributed by atoms with Gasteiger partial charge in [0.1, 0.15) is 16.7 Å². The number of nitrogens with two attached hydrogens (primary N) is 1. The van der Waals surface area contributed by atoms with Crippen molar-refractivity contribution in [2.45, 2.75) is 45.7 Å². The number of primary amides is 1. The quantitative estimate of drug-likeness (QED) is 0.290. The van der Waals surface area contributed by atoms with E-state index in [1.807, 2.05) is 12.1 Å². The minimum Gasteiger partial charge on any atom is -0.465 e. The molecule has 2 heterocycles. The third kappa shape index (κ3) is 7.25. The van der Waals surface area contributed by atoms with Crippen LogP contribution in [0, 0.1) is 5.92 Å². The van der Waals surface area contributed by atoms with Gasteiger partial charge in [-0.3, -0.25) is 14.4 Å². The Morgan fingerprint density at radius 1 is 1.22 bits per heavy atom. The molecule has 0 aliphatic carbocycles. The molecule has 36 heavy (non-hydrogen) atoms. The molecule has 5 N–H and O–H groups in total. The highest BCUT2D eigenvalue weighted by Gasteiger charge is 2.21. The molecule has 0 aliphatic heterocycles. The fourth-order valence-electron chi connectivity index (χ4n) is 3.72. The summed E-state index contributed by atoms with van der Waals surface area (Å²) < 4.78 is 2.55. The second-order valence-corrected chi connectivity index (χ2v) is 9.78. The molecule has 0 spiro atoms. The van der Waals surface area contributed by atoms with E-state index >= 15 is 0 Å². The topological polar surface area (TPSA) is 156 Å². The van der Waals surface area contributed by atoms with Crippen LogP contribution in [0.2, 0.25) is 0 Å². The summed E-state index contributed by atoms with van der Waals surface area (Å²) in [7, 11) is 0. The Balaban J connectivity index is 1.77. The van der Waals surface area contributed by atoms with Gasteiger partial charge >= 0.3 is 6.09 Å². The first kappa shape index (κ1) is 26.6. The molecule has 3 amide bonds. The van der Waals surface area contributed by atoms with Crippen molar-refractivity contribution in [2.75, 3.05) is 5.32 Å². The van der Waals surface area contributed by atoms with Gasteiger partial charge in [-0.25, -0.2) is 9.78 Å². The Kier molecular flexibility index (Phi) is 8.96. The van der Waals surface area contributed by atoms with Gasteiger partial charge in [0.2, 0.25) is 11.8 Å². The van der Waals surface area contributed by atoms with Crippen LogP contribution in [0.4, 0.5) is 10.5 Å². The largest absolute Gasteiger partial charge is 0.465 e. The van der Waals surface area contributed by atoms with Gasteiger partial charge in [-0.05, 0) is 55.0 Å². The summed E-state index contributed by atoms with van der Waals surface area (Å²) in [5.74, 6) is -0.822. The number of allylic oxidation sites excluding steroid dienone is 1. The zero-order chi connectivity index (χ0) is 26.2. The van der Waals surface area contributed by atoms with Crippen molar-refractivity contribution < 1.29 is 19.5 Å². The van der Waals surface area contributed by atoms with Crippen LogP contribution >= 0.6 is 11.3 Å². The maximum atomic E-state index is 13.0. The van der Waals surface area contributed by atoms with Crippen LogP contribution in [0.1, 0.15) is 37.3 Å². The number of aromatic nitrogens is 2. The Morgan fingerprint density at radius 3 is 2.69 bits per heavy atom. The Labute approximate surface area is 211 Å². The van der Waals surface area contributed by atoms with Gasteiger partial charge in [0.25, 0.3) is 5.56 Å². The van der Waals surface area contributed by atoms with E-state index in [9.17, 15) is 19.2 Å². The summed E-state index contributed by atoms with van der Waals surface area (Å²) in [6.45, 7) is 4.56. The lowest BCUT2D eigenvalue weighted by Gasteiger charge is -2.16. The molecule has 0 saturated heterocycles. The van der Waals surface area contributed by atoms with Crippen molar-refractivity contribution >= 4 is 45.1 Å². The van der Waals surface area contributed by atoms with Crippen molar-refractivity contribution in [1.29, 1.82) is 0 Å². The normalized spacial score (nSPS) is 12.2. The molecule has 190 valence electrons. The van der Waals surface area contributed by atoms with E-state index in [1.54, 1.807) is 23.6 Å². The van der Waals surface area contributed by atoms with E-state index < -0.39 is 29.5 Å². The number of rotatable bonds is 11. The summed E-state index contributed by atoms with van der Waals surface area (Å²) in [5.41, 5.74) is 6.73. The lowest BCUT2D eigenvalue weighted by molar-refractivity contribution is -0.118. The van der Waals surface area contributed by atoms with Crippen LogP contribution in [0.5, 0.6) is 0 Å². The predicted octanol–water partition coefficient (Wildman–Crippen LogP) is 3.10. The maximum Gasteiger partial charge on any atom is 0.405 e. The van der Waals surface area contributed by atoms with Crippen LogP contribution in [-0.4, -0.2) is 38.6 Å². The fraction of sp³-hybridized carbons (Fsp3) is 0.320. The molecule has 0 aliphatic rings. The first-order valence-corrected chi connectivity index (χ1v) is 12.3. The molecule has 11 heteroatoms. The average Bonchev–Trinajstić information content (AvgIpc) is 3.21. The number of amides is 3. The summed E-state index contributed by atoms with van der Waals surface area (Å²) in [6, 6.07) is 7.99. The Morgan fingerprint density at radius 2 is 2.00 bits per heavy atom. The van der Waals surface area contributed by atoms with Crippen molar-refractivity contribution in [3.05, 3.63) is 69.6 Å². The van der Waals surface area contributed by atoms with Gasteiger partial charge in [-0.2, -0.15) is 0 Å². The predicted molar refractivity (Wildman–Crippen MR) is 139 cm³/mol. The summed E-state index contributed by atoms with van der Waals surface area (Å²) >= 11 is 1.54. The lowest BCUT2D eigenvalue weighted by atomic mass is 10.0. The van der Waals surface area contributed by atoms with E-state index in [2.05, 4.69) is 35.5 Å². The first-order valence-electron chi connectivity index (χ1n) is 11.5. The molecule has 0 radical (unpaired) electrons. The zero-order valence-corrected chi connectivity index (χ0v) is 20.9. The molecule has 0 saturated carbocycles. The third-order valence-electron chi connectivity index (χ3n) is 5.27. The highest BCUT2D eigenvalue weighted by molar-refractivity contribution is 7.18. The molecule has 0 bridgehead atoms. The molecule has 3 aromatic rings. The Hall–Kier alpha value is -3.99. The standard InChI is InChI=1S/C25H29N5O5S/c1-15(2)13-16-7-5-9-17-22(16)36-21(27-17)14-30-12-6-10-19(24(30)33)28-23(32)18(29-25(34)35)8-3-4-11-20(26)31/h4-7,9-12,15,18,29H,3,8,13-14H2,1-2H3,(H2,26,31)(H,28,32)(H,34,35)/b11-4+/t18-/m0/s1. The van der Waals surface area contributed by atoms with Gasteiger partial charge in [0, 0.05) is 6.20 Å². The second-order valence-electron chi connectivity index (χ2n) is 8.70. The number of carbonyl (C=O) groups is 3. The van der Waals surface area contributed by atoms with Gasteiger partial charge < -0.3 is 26.0 Å². The molecule has 2 aromatic heterocycles. The second kappa shape index (κ2) is 12.1. The van der Waals surface area contributed by atoms with E-state index in [0.717, 1.165) is 27.7 Å². The highest BCUT2D eigenvalue weighted by atomic mass is 32.1. The number of anilines is 1. The van der Waals surface area contributed by atoms with Crippen molar-refractivity contribution in [3.63, 3.8) is 0 Å². The number of carbonyl (C=O) groups excluding carboxylic acids is 2. The van der Waals surface area contributed by atoms with Crippen molar-refractivity contribution in [2.24, 2.45) is 11.7 Å². The van der Waals surface area contributed by atoms with Crippen LogP contribution in [-0.2, 0) is 22.6 Å². The molecular weight excluding hydrogens is 482 g/mol. The number of hydrogen-bond donors (Lipinski definition) is 4. The minimum absolute atomic E-state index is 0.0222. The number of thiazole rings is 1. The Bertz CT molecular complexity index is 1340. The van der Waals surface area contributed by atoms with Crippen LogP contribution in [0.3, 0.4) is 0 Å². The van der Waals surface area contributed by atoms with Gasteiger partial charge in [-0.15, -0.1) is 11.3 Å². The fourth-order valence-corrected chi connectivity index (χ4v) is 4.81. The number of nitrogens with zero attached hydrogens (tertiary/aromatic N) is 2. The smallest absolute Gasteiger partial charge is 0.405 e. The van der Waals surface area contributed by atoms with Crippen LogP contribution < -0.4 is 21.9 Å². The number of nitrogens with one attached hydrogen (secondary N) is 2. The highest BCUT2D eigenvalue weighted by Crippen LogP contribution is 2.28. The van der Waals surface area contributed by atoms with Crippen LogP contribution in [0.25, 0.3) is 10.2 Å². The first-order chi connectivity index (χ1) is 17.1. The molecule has 0 fully saturated rings. The van der Waals surface area contributed by atoms with E-state index in [-0.39, 0.29) is 25.1 Å². The van der Waals surface area contributed by atoms with E-state index in [0.29, 0.717) is 5.92 Å².